The Balaban J connectivity index is 2.50. The molecule has 7 heteroatoms. The average Bonchev–Trinajstić information content (AvgIpc) is 2.18. The Morgan fingerprint density at radius 3 is 2.60 bits per heavy atom. The maximum absolute atomic E-state index is 11.5. The van der Waals surface area contributed by atoms with Gasteiger partial charge in [-0.05, 0) is 6.54 Å². The van der Waals surface area contributed by atoms with Crippen LogP contribution in [0, 0.1) is 0 Å². The van der Waals surface area contributed by atoms with Crippen molar-refractivity contribution in [3.05, 3.63) is 18.7 Å². The van der Waals surface area contributed by atoms with Crippen LogP contribution in [-0.4, -0.2) is 37.2 Å². The first-order valence-corrected chi connectivity index (χ1v) is 6.25. The Kier molecular flexibility index (Phi) is 4.44. The molecule has 0 unspecified atom stereocenters. The molecule has 0 aliphatic carbocycles. The number of rotatable bonds is 6. The molecular weight excluding hydrogens is 216 g/mol. The fourth-order valence-electron chi connectivity index (χ4n) is 0.966. The number of anilines is 1. The van der Waals surface area contributed by atoms with E-state index in [0.29, 0.717) is 12.2 Å². The molecule has 84 valence electrons. The standard InChI is InChI=1S/C8H14N4O2S/c1-2-9-3-4-15(13,14)12-8-5-10-7-11-6-8/h5-7,9,12H,2-4H2,1H3. The molecule has 0 amide bonds. The molecule has 0 fully saturated rings. The van der Waals surface area contributed by atoms with E-state index in [4.69, 9.17) is 0 Å². The van der Waals surface area contributed by atoms with Gasteiger partial charge in [0, 0.05) is 6.54 Å². The van der Waals surface area contributed by atoms with Crippen molar-refractivity contribution in [2.45, 2.75) is 6.92 Å². The van der Waals surface area contributed by atoms with Gasteiger partial charge in [-0.2, -0.15) is 0 Å². The molecule has 1 heterocycles. The molecule has 0 bridgehead atoms. The highest BCUT2D eigenvalue weighted by molar-refractivity contribution is 7.92. The highest BCUT2D eigenvalue weighted by Crippen LogP contribution is 2.03. The number of hydrogen-bond donors (Lipinski definition) is 2. The fraction of sp³-hybridized carbons (Fsp3) is 0.500. The third-order valence-electron chi connectivity index (χ3n) is 1.63. The van der Waals surface area contributed by atoms with E-state index in [-0.39, 0.29) is 5.75 Å². The van der Waals surface area contributed by atoms with Crippen LogP contribution < -0.4 is 10.0 Å². The third kappa shape index (κ3) is 4.71. The normalized spacial score (nSPS) is 11.3. The lowest BCUT2D eigenvalue weighted by molar-refractivity contribution is 0.597. The third-order valence-corrected chi connectivity index (χ3v) is 2.92. The molecule has 0 aromatic carbocycles. The summed E-state index contributed by atoms with van der Waals surface area (Å²) in [5.41, 5.74) is 0.383. The number of aromatic nitrogens is 2. The van der Waals surface area contributed by atoms with Crippen molar-refractivity contribution in [2.24, 2.45) is 0 Å². The van der Waals surface area contributed by atoms with Crippen LogP contribution in [0.25, 0.3) is 0 Å². The van der Waals surface area contributed by atoms with E-state index in [0.717, 1.165) is 6.54 Å². The molecule has 15 heavy (non-hydrogen) atoms. The minimum absolute atomic E-state index is 0.0374. The average molecular weight is 230 g/mol. The van der Waals surface area contributed by atoms with Gasteiger partial charge in [-0.15, -0.1) is 0 Å². The van der Waals surface area contributed by atoms with E-state index in [1.54, 1.807) is 0 Å². The van der Waals surface area contributed by atoms with Crippen molar-refractivity contribution in [3.8, 4) is 0 Å². The number of nitrogens with zero attached hydrogens (tertiary/aromatic N) is 2. The predicted molar refractivity (Wildman–Crippen MR) is 58.0 cm³/mol. The van der Waals surface area contributed by atoms with E-state index in [2.05, 4.69) is 20.0 Å². The van der Waals surface area contributed by atoms with E-state index >= 15 is 0 Å². The zero-order valence-electron chi connectivity index (χ0n) is 8.47. The largest absolute Gasteiger partial charge is 0.316 e. The molecule has 0 saturated heterocycles. The maximum Gasteiger partial charge on any atom is 0.234 e. The van der Waals surface area contributed by atoms with E-state index in [1.165, 1.54) is 18.7 Å². The van der Waals surface area contributed by atoms with Gasteiger partial charge in [0.1, 0.15) is 6.33 Å². The molecule has 0 spiro atoms. The topological polar surface area (TPSA) is 84.0 Å². The predicted octanol–water partition coefficient (Wildman–Crippen LogP) is -0.172. The van der Waals surface area contributed by atoms with Crippen LogP contribution in [0.3, 0.4) is 0 Å². The molecule has 0 aliphatic rings. The van der Waals surface area contributed by atoms with Crippen LogP contribution in [0.2, 0.25) is 0 Å². The van der Waals surface area contributed by atoms with Gasteiger partial charge in [-0.25, -0.2) is 18.4 Å². The minimum Gasteiger partial charge on any atom is -0.316 e. The summed E-state index contributed by atoms with van der Waals surface area (Å²) in [6.45, 7) is 3.11. The molecule has 1 aromatic heterocycles. The second-order valence-electron chi connectivity index (χ2n) is 2.90. The van der Waals surface area contributed by atoms with Gasteiger partial charge in [0.05, 0.1) is 23.8 Å². The second kappa shape index (κ2) is 5.62. The smallest absolute Gasteiger partial charge is 0.234 e. The SMILES string of the molecule is CCNCCS(=O)(=O)Nc1cncnc1. The lowest BCUT2D eigenvalue weighted by Crippen LogP contribution is -2.26. The van der Waals surface area contributed by atoms with Gasteiger partial charge in [0.2, 0.25) is 10.0 Å². The maximum atomic E-state index is 11.5. The van der Waals surface area contributed by atoms with E-state index in [1.807, 2.05) is 6.92 Å². The quantitative estimate of drug-likeness (QED) is 0.663. The van der Waals surface area contributed by atoms with Crippen LogP contribution in [0.1, 0.15) is 6.92 Å². The summed E-state index contributed by atoms with van der Waals surface area (Å²) >= 11 is 0. The van der Waals surface area contributed by atoms with Crippen molar-refractivity contribution in [1.82, 2.24) is 15.3 Å². The second-order valence-corrected chi connectivity index (χ2v) is 4.74. The first-order valence-electron chi connectivity index (χ1n) is 4.60. The van der Waals surface area contributed by atoms with Gasteiger partial charge < -0.3 is 5.32 Å². The Morgan fingerprint density at radius 2 is 2.00 bits per heavy atom. The summed E-state index contributed by atoms with van der Waals surface area (Å²) in [5.74, 6) is 0.0374. The molecule has 0 saturated carbocycles. The molecule has 1 rings (SSSR count). The Labute approximate surface area is 89.2 Å². The van der Waals surface area contributed by atoms with Crippen LogP contribution in [0.15, 0.2) is 18.7 Å². The highest BCUT2D eigenvalue weighted by Gasteiger charge is 2.09. The van der Waals surface area contributed by atoms with Gasteiger partial charge in [-0.3, -0.25) is 4.72 Å². The Morgan fingerprint density at radius 1 is 1.33 bits per heavy atom. The first-order chi connectivity index (χ1) is 7.14. The van der Waals surface area contributed by atoms with Crippen LogP contribution in [0.5, 0.6) is 0 Å². The minimum atomic E-state index is -3.30. The van der Waals surface area contributed by atoms with Gasteiger partial charge in [0.25, 0.3) is 0 Å². The first kappa shape index (κ1) is 11.9. The molecule has 0 radical (unpaired) electrons. The van der Waals surface area contributed by atoms with E-state index in [9.17, 15) is 8.42 Å². The molecule has 1 aromatic rings. The number of hydrogen-bond acceptors (Lipinski definition) is 5. The van der Waals surface area contributed by atoms with Crippen molar-refractivity contribution >= 4 is 15.7 Å². The van der Waals surface area contributed by atoms with Crippen molar-refractivity contribution in [2.75, 3.05) is 23.6 Å². The summed E-state index contributed by atoms with van der Waals surface area (Å²) in [6, 6.07) is 0. The van der Waals surface area contributed by atoms with Gasteiger partial charge >= 0.3 is 0 Å². The van der Waals surface area contributed by atoms with E-state index < -0.39 is 10.0 Å². The highest BCUT2D eigenvalue weighted by atomic mass is 32.2. The zero-order chi connectivity index (χ0) is 11.1. The summed E-state index contributed by atoms with van der Waals surface area (Å²) in [4.78, 5) is 7.42. The molecule has 2 N–H and O–H groups in total. The lowest BCUT2D eigenvalue weighted by Gasteiger charge is -2.06. The molecule has 0 atom stereocenters. The lowest BCUT2D eigenvalue weighted by atomic mass is 10.6. The summed E-state index contributed by atoms with van der Waals surface area (Å²) < 4.78 is 25.3. The van der Waals surface area contributed by atoms with Crippen molar-refractivity contribution < 1.29 is 8.42 Å². The summed E-state index contributed by atoms with van der Waals surface area (Å²) in [5, 5.41) is 2.94. The van der Waals surface area contributed by atoms with Crippen molar-refractivity contribution in [3.63, 3.8) is 0 Å². The van der Waals surface area contributed by atoms with Crippen LogP contribution in [0.4, 0.5) is 5.69 Å². The molecular formula is C8H14N4O2S. The molecule has 0 aliphatic heterocycles. The van der Waals surface area contributed by atoms with Crippen molar-refractivity contribution in [1.29, 1.82) is 0 Å². The Hall–Kier alpha value is -1.21. The van der Waals surface area contributed by atoms with Crippen LogP contribution >= 0.6 is 0 Å². The summed E-state index contributed by atoms with van der Waals surface area (Å²) in [7, 11) is -3.30. The summed E-state index contributed by atoms with van der Waals surface area (Å²) in [6.07, 6.45) is 4.17. The monoisotopic (exact) mass is 230 g/mol. The van der Waals surface area contributed by atoms with Gasteiger partial charge in [0.15, 0.2) is 0 Å². The Bertz CT molecular complexity index is 379. The number of sulfonamides is 1. The van der Waals surface area contributed by atoms with Gasteiger partial charge in [-0.1, -0.05) is 6.92 Å². The fourth-order valence-corrected chi connectivity index (χ4v) is 1.95. The zero-order valence-corrected chi connectivity index (χ0v) is 9.29. The number of nitrogens with one attached hydrogen (secondary N) is 2. The molecule has 6 nitrogen and oxygen atoms in total. The van der Waals surface area contributed by atoms with Crippen LogP contribution in [-0.2, 0) is 10.0 Å².